The van der Waals surface area contributed by atoms with E-state index < -0.39 is 5.97 Å². The molecule has 4 N–H and O–H groups in total. The molecular weight excluding hydrogens is 354 g/mol. The Morgan fingerprint density at radius 1 is 0.821 bits per heavy atom. The monoisotopic (exact) mass is 371 g/mol. The van der Waals surface area contributed by atoms with E-state index in [0.29, 0.717) is 39.7 Å². The minimum absolute atomic E-state index is 0.396. The summed E-state index contributed by atoms with van der Waals surface area (Å²) in [5, 5.41) is 0.901. The Balaban J connectivity index is 1.51. The SMILES string of the molecule is Nc1cc(N)cc(Oc2ccc(C(=O)Oc3cccc4cccnc34)cc2)c1. The van der Waals surface area contributed by atoms with Crippen LogP contribution in [0.2, 0.25) is 0 Å². The fourth-order valence-corrected chi connectivity index (χ4v) is 2.82. The highest BCUT2D eigenvalue weighted by Gasteiger charge is 2.12. The fraction of sp³-hybridized carbons (Fsp3) is 0. The van der Waals surface area contributed by atoms with Gasteiger partial charge in [0.05, 0.1) is 5.56 Å². The average molecular weight is 371 g/mol. The zero-order chi connectivity index (χ0) is 19.5. The van der Waals surface area contributed by atoms with Crippen molar-refractivity contribution in [3.05, 3.63) is 84.6 Å². The molecule has 0 amide bonds. The van der Waals surface area contributed by atoms with E-state index in [0.717, 1.165) is 5.39 Å². The van der Waals surface area contributed by atoms with Gasteiger partial charge in [0.25, 0.3) is 0 Å². The van der Waals surface area contributed by atoms with Gasteiger partial charge in [-0.05, 0) is 42.5 Å². The van der Waals surface area contributed by atoms with E-state index in [1.165, 1.54) is 0 Å². The summed E-state index contributed by atoms with van der Waals surface area (Å²) in [5.74, 6) is 1.01. The summed E-state index contributed by atoms with van der Waals surface area (Å²) in [6, 6.07) is 20.8. The summed E-state index contributed by atoms with van der Waals surface area (Å²) in [7, 11) is 0. The van der Waals surface area contributed by atoms with Gasteiger partial charge in [0.2, 0.25) is 0 Å². The second-order valence-corrected chi connectivity index (χ2v) is 6.18. The van der Waals surface area contributed by atoms with Crippen LogP contribution in [0.15, 0.2) is 79.0 Å². The number of carbonyl (C=O) groups excluding carboxylic acids is 1. The molecular formula is C22H17N3O3. The van der Waals surface area contributed by atoms with Gasteiger partial charge in [-0.25, -0.2) is 4.79 Å². The van der Waals surface area contributed by atoms with Crippen molar-refractivity contribution in [1.29, 1.82) is 0 Å². The first-order valence-electron chi connectivity index (χ1n) is 8.58. The van der Waals surface area contributed by atoms with Crippen LogP contribution in [0.4, 0.5) is 11.4 Å². The van der Waals surface area contributed by atoms with Gasteiger partial charge < -0.3 is 20.9 Å². The minimum Gasteiger partial charge on any atom is -0.457 e. The molecule has 0 aliphatic rings. The molecule has 1 heterocycles. The Morgan fingerprint density at radius 2 is 1.54 bits per heavy atom. The smallest absolute Gasteiger partial charge is 0.343 e. The molecule has 0 bridgehead atoms. The minimum atomic E-state index is -0.474. The number of nitrogens with two attached hydrogens (primary N) is 2. The molecule has 0 unspecified atom stereocenters. The molecule has 6 nitrogen and oxygen atoms in total. The summed E-state index contributed by atoms with van der Waals surface area (Å²) in [6.45, 7) is 0. The van der Waals surface area contributed by atoms with Crippen molar-refractivity contribution >= 4 is 28.2 Å². The molecule has 1 aromatic heterocycles. The first-order chi connectivity index (χ1) is 13.6. The van der Waals surface area contributed by atoms with Crippen molar-refractivity contribution in [1.82, 2.24) is 4.98 Å². The van der Waals surface area contributed by atoms with Crippen molar-refractivity contribution < 1.29 is 14.3 Å². The molecule has 0 radical (unpaired) electrons. The summed E-state index contributed by atoms with van der Waals surface area (Å²) in [5.41, 5.74) is 13.6. The predicted molar refractivity (Wildman–Crippen MR) is 108 cm³/mol. The van der Waals surface area contributed by atoms with Gasteiger partial charge in [0.1, 0.15) is 17.0 Å². The predicted octanol–water partition coefficient (Wildman–Crippen LogP) is 4.41. The fourth-order valence-electron chi connectivity index (χ4n) is 2.82. The van der Waals surface area contributed by atoms with Gasteiger partial charge in [-0.1, -0.05) is 18.2 Å². The third-order valence-corrected chi connectivity index (χ3v) is 4.08. The Morgan fingerprint density at radius 3 is 2.29 bits per heavy atom. The van der Waals surface area contributed by atoms with E-state index in [-0.39, 0.29) is 0 Å². The summed E-state index contributed by atoms with van der Waals surface area (Å²) in [6.07, 6.45) is 1.66. The van der Waals surface area contributed by atoms with E-state index in [9.17, 15) is 4.79 Å². The Hall–Kier alpha value is -4.06. The topological polar surface area (TPSA) is 100 Å². The normalized spacial score (nSPS) is 10.6. The molecule has 6 heteroatoms. The van der Waals surface area contributed by atoms with Crippen molar-refractivity contribution in [2.45, 2.75) is 0 Å². The molecule has 0 aliphatic carbocycles. The van der Waals surface area contributed by atoms with E-state index in [4.69, 9.17) is 20.9 Å². The van der Waals surface area contributed by atoms with Gasteiger partial charge in [0.15, 0.2) is 5.75 Å². The van der Waals surface area contributed by atoms with E-state index in [2.05, 4.69) is 4.98 Å². The number of rotatable bonds is 4. The van der Waals surface area contributed by atoms with Crippen molar-refractivity contribution in [2.24, 2.45) is 0 Å². The molecule has 0 aliphatic heterocycles. The van der Waals surface area contributed by atoms with Crippen LogP contribution in [-0.2, 0) is 0 Å². The van der Waals surface area contributed by atoms with E-state index in [1.54, 1.807) is 54.7 Å². The number of nitrogens with zero attached hydrogens (tertiary/aromatic N) is 1. The van der Waals surface area contributed by atoms with Crippen LogP contribution < -0.4 is 20.9 Å². The molecule has 0 fully saturated rings. The molecule has 0 saturated heterocycles. The van der Waals surface area contributed by atoms with Crippen molar-refractivity contribution in [3.8, 4) is 17.2 Å². The van der Waals surface area contributed by atoms with Crippen LogP contribution in [0.1, 0.15) is 10.4 Å². The lowest BCUT2D eigenvalue weighted by atomic mass is 10.2. The van der Waals surface area contributed by atoms with Gasteiger partial charge in [0, 0.05) is 35.1 Å². The van der Waals surface area contributed by atoms with Crippen LogP contribution in [0.3, 0.4) is 0 Å². The Bertz CT molecular complexity index is 1130. The third kappa shape index (κ3) is 3.71. The maximum Gasteiger partial charge on any atom is 0.343 e. The lowest BCUT2D eigenvalue weighted by Crippen LogP contribution is -2.08. The first-order valence-corrected chi connectivity index (χ1v) is 8.58. The average Bonchev–Trinajstić information content (AvgIpc) is 2.68. The summed E-state index contributed by atoms with van der Waals surface area (Å²) >= 11 is 0. The van der Waals surface area contributed by atoms with Crippen LogP contribution >= 0.6 is 0 Å². The number of hydrogen-bond acceptors (Lipinski definition) is 6. The zero-order valence-electron chi connectivity index (χ0n) is 14.8. The standard InChI is InChI=1S/C22H17N3O3/c23-16-11-17(24)13-19(12-16)27-18-8-6-15(7-9-18)22(26)28-20-5-1-3-14-4-2-10-25-21(14)20/h1-13H,23-24H2. The second-order valence-electron chi connectivity index (χ2n) is 6.18. The Kier molecular flexibility index (Phi) is 4.51. The summed E-state index contributed by atoms with van der Waals surface area (Å²) in [4.78, 5) is 16.8. The van der Waals surface area contributed by atoms with Gasteiger partial charge in [-0.3, -0.25) is 4.98 Å². The number of anilines is 2. The number of aromatic nitrogens is 1. The highest BCUT2D eigenvalue weighted by molar-refractivity contribution is 5.94. The quantitative estimate of drug-likeness (QED) is 0.313. The number of nitrogen functional groups attached to an aromatic ring is 2. The highest BCUT2D eigenvalue weighted by atomic mass is 16.5. The maximum atomic E-state index is 12.5. The number of ether oxygens (including phenoxy) is 2. The number of benzene rings is 3. The van der Waals surface area contributed by atoms with E-state index >= 15 is 0 Å². The molecule has 3 aromatic carbocycles. The number of carbonyl (C=O) groups is 1. The van der Waals surface area contributed by atoms with Crippen molar-refractivity contribution in [3.63, 3.8) is 0 Å². The molecule has 4 rings (SSSR count). The molecule has 0 atom stereocenters. The molecule has 0 saturated carbocycles. The maximum absolute atomic E-state index is 12.5. The lowest BCUT2D eigenvalue weighted by molar-refractivity contribution is 0.0737. The highest BCUT2D eigenvalue weighted by Crippen LogP contribution is 2.27. The van der Waals surface area contributed by atoms with Gasteiger partial charge >= 0.3 is 5.97 Å². The summed E-state index contributed by atoms with van der Waals surface area (Å²) < 4.78 is 11.3. The van der Waals surface area contributed by atoms with Crippen molar-refractivity contribution in [2.75, 3.05) is 11.5 Å². The van der Waals surface area contributed by atoms with Crippen LogP contribution in [0.5, 0.6) is 17.2 Å². The lowest BCUT2D eigenvalue weighted by Gasteiger charge is -2.09. The number of esters is 1. The number of hydrogen-bond donors (Lipinski definition) is 2. The molecule has 4 aromatic rings. The number of pyridine rings is 1. The first kappa shape index (κ1) is 17.4. The van der Waals surface area contributed by atoms with Gasteiger partial charge in [-0.2, -0.15) is 0 Å². The van der Waals surface area contributed by atoms with Crippen LogP contribution in [0.25, 0.3) is 10.9 Å². The van der Waals surface area contributed by atoms with Gasteiger partial charge in [-0.15, -0.1) is 0 Å². The Labute approximate surface area is 161 Å². The van der Waals surface area contributed by atoms with Crippen LogP contribution in [-0.4, -0.2) is 11.0 Å². The van der Waals surface area contributed by atoms with Crippen LogP contribution in [0, 0.1) is 0 Å². The number of para-hydroxylation sites is 1. The third-order valence-electron chi connectivity index (χ3n) is 4.08. The largest absolute Gasteiger partial charge is 0.457 e. The second kappa shape index (κ2) is 7.28. The molecule has 0 spiro atoms. The molecule has 138 valence electrons. The molecule has 28 heavy (non-hydrogen) atoms. The van der Waals surface area contributed by atoms with E-state index in [1.807, 2.05) is 24.3 Å². The zero-order valence-corrected chi connectivity index (χ0v) is 14.8. The number of fused-ring (bicyclic) bond motifs is 1.